The predicted molar refractivity (Wildman–Crippen MR) is 110 cm³/mol. The van der Waals surface area contributed by atoms with Crippen molar-refractivity contribution in [1.82, 2.24) is 10.3 Å². The Morgan fingerprint density at radius 2 is 1.50 bits per heavy atom. The van der Waals surface area contributed by atoms with E-state index in [2.05, 4.69) is 31.1 Å². The molecule has 2 aromatic carbocycles. The first-order valence-electron chi connectivity index (χ1n) is 9.28. The van der Waals surface area contributed by atoms with E-state index in [0.29, 0.717) is 11.3 Å². The van der Waals surface area contributed by atoms with Crippen molar-refractivity contribution in [2.45, 2.75) is 32.2 Å². The summed E-state index contributed by atoms with van der Waals surface area (Å²) < 4.78 is 0. The molecule has 0 saturated heterocycles. The fraction of sp³-hybridized carbons (Fsp3) is 0.208. The van der Waals surface area contributed by atoms with Crippen LogP contribution >= 0.6 is 0 Å². The number of nitrogens with zero attached hydrogens (tertiary/aromatic N) is 1. The molecule has 1 aromatic heterocycles. The standard InChI is InChI=1S/C24H24N2O2/c1-24(2,3)19-14-12-18(13-15-19)22(27)23(28)26-21(17-9-5-4-6-10-17)20-11-7-8-16-25-20/h4-16,21H,1-3H3,(H,26,28). The molecule has 0 aliphatic rings. The molecule has 3 aromatic rings. The molecule has 1 N–H and O–H groups in total. The highest BCUT2D eigenvalue weighted by molar-refractivity contribution is 6.42. The van der Waals surface area contributed by atoms with Gasteiger partial charge in [-0.15, -0.1) is 0 Å². The zero-order chi connectivity index (χ0) is 20.1. The minimum Gasteiger partial charge on any atom is -0.337 e. The molecule has 3 rings (SSSR count). The van der Waals surface area contributed by atoms with E-state index in [1.54, 1.807) is 18.3 Å². The fourth-order valence-corrected chi connectivity index (χ4v) is 2.97. The van der Waals surface area contributed by atoms with Gasteiger partial charge in [0.15, 0.2) is 0 Å². The number of carbonyl (C=O) groups is 2. The van der Waals surface area contributed by atoms with E-state index in [1.165, 1.54) is 0 Å². The van der Waals surface area contributed by atoms with Gasteiger partial charge in [0, 0.05) is 11.8 Å². The molecule has 1 unspecified atom stereocenters. The third kappa shape index (κ3) is 4.52. The number of benzene rings is 2. The summed E-state index contributed by atoms with van der Waals surface area (Å²) in [6.07, 6.45) is 1.67. The predicted octanol–water partition coefficient (Wildman–Crippen LogP) is 4.47. The monoisotopic (exact) mass is 372 g/mol. The van der Waals surface area contributed by atoms with Crippen molar-refractivity contribution in [3.05, 3.63) is 101 Å². The van der Waals surface area contributed by atoms with E-state index in [1.807, 2.05) is 60.7 Å². The molecule has 1 atom stereocenters. The first kappa shape index (κ1) is 19.5. The van der Waals surface area contributed by atoms with Crippen molar-refractivity contribution in [1.29, 1.82) is 0 Å². The molecule has 0 fully saturated rings. The van der Waals surface area contributed by atoms with Gasteiger partial charge in [-0.2, -0.15) is 0 Å². The number of ketones is 1. The minimum absolute atomic E-state index is 0.0127. The first-order valence-corrected chi connectivity index (χ1v) is 9.28. The van der Waals surface area contributed by atoms with E-state index < -0.39 is 17.7 Å². The van der Waals surface area contributed by atoms with Crippen molar-refractivity contribution in [3.8, 4) is 0 Å². The molecule has 142 valence electrons. The summed E-state index contributed by atoms with van der Waals surface area (Å²) in [4.78, 5) is 29.7. The average Bonchev–Trinajstić information content (AvgIpc) is 2.72. The van der Waals surface area contributed by atoms with Crippen molar-refractivity contribution in [3.63, 3.8) is 0 Å². The van der Waals surface area contributed by atoms with Gasteiger partial charge in [0.25, 0.3) is 5.91 Å². The second kappa shape index (κ2) is 8.17. The lowest BCUT2D eigenvalue weighted by atomic mass is 9.86. The van der Waals surface area contributed by atoms with Crippen molar-refractivity contribution in [2.24, 2.45) is 0 Å². The highest BCUT2D eigenvalue weighted by Gasteiger charge is 2.23. The molecule has 0 saturated carbocycles. The summed E-state index contributed by atoms with van der Waals surface area (Å²) in [7, 11) is 0. The second-order valence-corrected chi connectivity index (χ2v) is 7.73. The average molecular weight is 372 g/mol. The summed E-state index contributed by atoms with van der Waals surface area (Å²) in [6, 6.07) is 21.7. The number of amides is 1. The molecule has 1 amide bonds. The Morgan fingerprint density at radius 3 is 2.07 bits per heavy atom. The summed E-state index contributed by atoms with van der Waals surface area (Å²) in [5, 5.41) is 2.84. The minimum atomic E-state index is -0.650. The number of Topliss-reactive ketones (excluding diaryl/α,β-unsaturated/α-hetero) is 1. The molecule has 0 aliphatic carbocycles. The zero-order valence-corrected chi connectivity index (χ0v) is 16.3. The summed E-state index contributed by atoms with van der Waals surface area (Å²) >= 11 is 0. The van der Waals surface area contributed by atoms with Gasteiger partial charge in [0.05, 0.1) is 11.7 Å². The summed E-state index contributed by atoms with van der Waals surface area (Å²) in [5.74, 6) is -1.21. The smallest absolute Gasteiger partial charge is 0.293 e. The van der Waals surface area contributed by atoms with Gasteiger partial charge in [-0.1, -0.05) is 81.4 Å². The van der Waals surface area contributed by atoms with Gasteiger partial charge < -0.3 is 5.32 Å². The van der Waals surface area contributed by atoms with E-state index in [9.17, 15) is 9.59 Å². The maximum Gasteiger partial charge on any atom is 0.293 e. The highest BCUT2D eigenvalue weighted by atomic mass is 16.2. The van der Waals surface area contributed by atoms with Crippen LogP contribution in [0.1, 0.15) is 54.0 Å². The highest BCUT2D eigenvalue weighted by Crippen LogP contribution is 2.23. The van der Waals surface area contributed by atoms with E-state index >= 15 is 0 Å². The van der Waals surface area contributed by atoms with Gasteiger partial charge in [-0.05, 0) is 28.7 Å². The number of nitrogens with one attached hydrogen (secondary N) is 1. The van der Waals surface area contributed by atoms with Crippen LogP contribution in [-0.4, -0.2) is 16.7 Å². The number of aromatic nitrogens is 1. The normalized spacial score (nSPS) is 12.2. The zero-order valence-electron chi connectivity index (χ0n) is 16.3. The molecule has 0 bridgehead atoms. The van der Waals surface area contributed by atoms with Gasteiger partial charge >= 0.3 is 0 Å². The van der Waals surface area contributed by atoms with Crippen LogP contribution in [0.25, 0.3) is 0 Å². The van der Waals surface area contributed by atoms with Crippen molar-refractivity contribution >= 4 is 11.7 Å². The van der Waals surface area contributed by atoms with Crippen LogP contribution in [0.4, 0.5) is 0 Å². The Labute approximate surface area is 165 Å². The van der Waals surface area contributed by atoms with Gasteiger partial charge in [-0.3, -0.25) is 14.6 Å². The molecule has 0 radical (unpaired) electrons. The molecule has 28 heavy (non-hydrogen) atoms. The SMILES string of the molecule is CC(C)(C)c1ccc(C(=O)C(=O)NC(c2ccccc2)c2ccccn2)cc1. The van der Waals surface area contributed by atoms with Crippen LogP contribution in [0.3, 0.4) is 0 Å². The van der Waals surface area contributed by atoms with E-state index in [4.69, 9.17) is 0 Å². The molecule has 0 aliphatic heterocycles. The lowest BCUT2D eigenvalue weighted by molar-refractivity contribution is -0.117. The third-order valence-corrected chi connectivity index (χ3v) is 4.61. The van der Waals surface area contributed by atoms with Crippen LogP contribution in [0.2, 0.25) is 0 Å². The molecule has 4 heteroatoms. The first-order chi connectivity index (χ1) is 13.4. The van der Waals surface area contributed by atoms with Crippen LogP contribution in [0.15, 0.2) is 79.0 Å². The lowest BCUT2D eigenvalue weighted by Gasteiger charge is -2.20. The second-order valence-electron chi connectivity index (χ2n) is 7.73. The number of rotatable bonds is 5. The summed E-state index contributed by atoms with van der Waals surface area (Å²) in [6.45, 7) is 6.32. The van der Waals surface area contributed by atoms with Gasteiger partial charge in [0.1, 0.15) is 0 Å². The van der Waals surface area contributed by atoms with Crippen molar-refractivity contribution in [2.75, 3.05) is 0 Å². The third-order valence-electron chi connectivity index (χ3n) is 4.61. The van der Waals surface area contributed by atoms with Crippen LogP contribution in [0.5, 0.6) is 0 Å². The maximum atomic E-state index is 12.7. The summed E-state index contributed by atoms with van der Waals surface area (Å²) in [5.41, 5.74) is 3.02. The molecular formula is C24H24N2O2. The number of hydrogen-bond donors (Lipinski definition) is 1. The van der Waals surface area contributed by atoms with Gasteiger partial charge in [-0.25, -0.2) is 0 Å². The fourth-order valence-electron chi connectivity index (χ4n) is 2.97. The molecule has 1 heterocycles. The lowest BCUT2D eigenvalue weighted by Crippen LogP contribution is -2.35. The van der Waals surface area contributed by atoms with Crippen LogP contribution < -0.4 is 5.32 Å². The molecule has 0 spiro atoms. The van der Waals surface area contributed by atoms with Gasteiger partial charge in [0.2, 0.25) is 5.78 Å². The maximum absolute atomic E-state index is 12.7. The Hall–Kier alpha value is -3.27. The number of hydrogen-bond acceptors (Lipinski definition) is 3. The van der Waals surface area contributed by atoms with E-state index in [-0.39, 0.29) is 5.41 Å². The van der Waals surface area contributed by atoms with Crippen LogP contribution in [0, 0.1) is 0 Å². The Bertz CT molecular complexity index is 904. The number of pyridine rings is 1. The Balaban J connectivity index is 1.83. The Kier molecular flexibility index (Phi) is 5.69. The molecule has 4 nitrogen and oxygen atoms in total. The Morgan fingerprint density at radius 1 is 0.857 bits per heavy atom. The van der Waals surface area contributed by atoms with E-state index in [0.717, 1.165) is 11.1 Å². The topological polar surface area (TPSA) is 59.1 Å². The van der Waals surface area contributed by atoms with Crippen LogP contribution in [-0.2, 0) is 10.2 Å². The molecular weight excluding hydrogens is 348 g/mol. The largest absolute Gasteiger partial charge is 0.337 e. The number of carbonyl (C=O) groups excluding carboxylic acids is 2. The van der Waals surface area contributed by atoms with Crippen molar-refractivity contribution < 1.29 is 9.59 Å². The quantitative estimate of drug-likeness (QED) is 0.531.